The monoisotopic (exact) mass is 366 g/mol. The fraction of sp³-hybridized carbons (Fsp3) is 0.455. The second kappa shape index (κ2) is 7.59. The molecule has 2 amide bonds. The minimum Gasteiger partial charge on any atom is -0.459 e. The molecular weight excluding hydrogens is 340 g/mol. The summed E-state index contributed by atoms with van der Waals surface area (Å²) >= 11 is 0. The number of rotatable bonds is 3. The molecule has 0 bridgehead atoms. The van der Waals surface area contributed by atoms with Crippen LogP contribution in [0, 0.1) is 12.8 Å². The number of carbonyl (C=O) groups excluding carboxylic acids is 2. The number of hydrogen-bond acceptors (Lipinski definition) is 3. The van der Waals surface area contributed by atoms with Gasteiger partial charge in [0.1, 0.15) is 0 Å². The predicted octanol–water partition coefficient (Wildman–Crippen LogP) is 3.80. The van der Waals surface area contributed by atoms with Gasteiger partial charge in [-0.05, 0) is 50.3 Å². The second-order valence-corrected chi connectivity index (χ2v) is 7.64. The van der Waals surface area contributed by atoms with Crippen molar-refractivity contribution in [3.63, 3.8) is 0 Å². The molecule has 0 radical (unpaired) electrons. The molecule has 2 saturated heterocycles. The summed E-state index contributed by atoms with van der Waals surface area (Å²) in [7, 11) is 0. The lowest BCUT2D eigenvalue weighted by Crippen LogP contribution is -2.44. The first-order valence-corrected chi connectivity index (χ1v) is 9.83. The van der Waals surface area contributed by atoms with Crippen molar-refractivity contribution in [2.45, 2.75) is 38.6 Å². The van der Waals surface area contributed by atoms with E-state index < -0.39 is 0 Å². The molecule has 2 aromatic rings. The number of hydrogen-bond donors (Lipinski definition) is 0. The molecule has 1 atom stereocenters. The van der Waals surface area contributed by atoms with Gasteiger partial charge in [-0.2, -0.15) is 0 Å². The van der Waals surface area contributed by atoms with Gasteiger partial charge in [0, 0.05) is 25.6 Å². The summed E-state index contributed by atoms with van der Waals surface area (Å²) in [5, 5.41) is 0. The third-order valence-electron chi connectivity index (χ3n) is 5.86. The van der Waals surface area contributed by atoms with Gasteiger partial charge in [-0.3, -0.25) is 9.59 Å². The number of carbonyl (C=O) groups is 2. The predicted molar refractivity (Wildman–Crippen MR) is 102 cm³/mol. The average Bonchev–Trinajstić information content (AvgIpc) is 3.40. The third-order valence-corrected chi connectivity index (χ3v) is 5.86. The zero-order valence-electron chi connectivity index (χ0n) is 15.8. The van der Waals surface area contributed by atoms with E-state index in [9.17, 15) is 9.59 Å². The molecule has 2 aliphatic rings. The third kappa shape index (κ3) is 3.64. The second-order valence-electron chi connectivity index (χ2n) is 7.64. The molecule has 0 saturated carbocycles. The molecular formula is C22H26N2O3. The van der Waals surface area contributed by atoms with Crippen molar-refractivity contribution < 1.29 is 14.0 Å². The Bertz CT molecular complexity index is 789. The average molecular weight is 366 g/mol. The Hall–Kier alpha value is -2.56. The van der Waals surface area contributed by atoms with Crippen LogP contribution in [-0.2, 0) is 4.79 Å². The smallest absolute Gasteiger partial charge is 0.289 e. The van der Waals surface area contributed by atoms with Gasteiger partial charge in [0.2, 0.25) is 5.91 Å². The van der Waals surface area contributed by atoms with Gasteiger partial charge in [0.05, 0.1) is 12.3 Å². The Balaban J connectivity index is 1.38. The fourth-order valence-electron chi connectivity index (χ4n) is 4.29. The summed E-state index contributed by atoms with van der Waals surface area (Å²) in [5.41, 5.74) is 2.47. The zero-order valence-corrected chi connectivity index (χ0v) is 15.8. The van der Waals surface area contributed by atoms with Crippen LogP contribution in [0.25, 0.3) is 0 Å². The van der Waals surface area contributed by atoms with Crippen LogP contribution in [0.5, 0.6) is 0 Å². The van der Waals surface area contributed by atoms with Crippen LogP contribution in [0.1, 0.15) is 53.4 Å². The summed E-state index contributed by atoms with van der Waals surface area (Å²) < 4.78 is 5.21. The van der Waals surface area contributed by atoms with E-state index in [1.54, 1.807) is 17.0 Å². The van der Waals surface area contributed by atoms with E-state index in [0.717, 1.165) is 32.2 Å². The van der Waals surface area contributed by atoms with Gasteiger partial charge in [0.15, 0.2) is 5.76 Å². The number of piperidine rings is 1. The van der Waals surface area contributed by atoms with E-state index in [1.807, 2.05) is 0 Å². The molecule has 142 valence electrons. The maximum absolute atomic E-state index is 13.2. The van der Waals surface area contributed by atoms with Crippen LogP contribution in [0.15, 0.2) is 47.1 Å². The topological polar surface area (TPSA) is 53.8 Å². The quantitative estimate of drug-likeness (QED) is 0.830. The van der Waals surface area contributed by atoms with Gasteiger partial charge in [0.25, 0.3) is 5.91 Å². The first-order chi connectivity index (χ1) is 13.1. The molecule has 4 rings (SSSR count). The molecule has 2 aliphatic heterocycles. The first kappa shape index (κ1) is 17.8. The molecule has 0 spiro atoms. The van der Waals surface area contributed by atoms with Crippen LogP contribution in [0.3, 0.4) is 0 Å². The first-order valence-electron chi connectivity index (χ1n) is 9.83. The van der Waals surface area contributed by atoms with Gasteiger partial charge in [-0.15, -0.1) is 0 Å². The Morgan fingerprint density at radius 1 is 1.00 bits per heavy atom. The van der Waals surface area contributed by atoms with Crippen molar-refractivity contribution in [3.8, 4) is 0 Å². The molecule has 1 unspecified atom stereocenters. The summed E-state index contributed by atoms with van der Waals surface area (Å²) in [4.78, 5) is 29.4. The molecule has 27 heavy (non-hydrogen) atoms. The lowest BCUT2D eigenvalue weighted by Gasteiger charge is -2.34. The molecule has 1 aromatic heterocycles. The lowest BCUT2D eigenvalue weighted by molar-refractivity contribution is -0.137. The van der Waals surface area contributed by atoms with Crippen molar-refractivity contribution in [1.82, 2.24) is 9.80 Å². The fourth-order valence-corrected chi connectivity index (χ4v) is 4.29. The zero-order chi connectivity index (χ0) is 18.8. The minimum atomic E-state index is -0.0791. The van der Waals surface area contributed by atoms with Gasteiger partial charge in [-0.1, -0.05) is 29.8 Å². The summed E-state index contributed by atoms with van der Waals surface area (Å²) in [6.07, 6.45) is 5.05. The van der Waals surface area contributed by atoms with Crippen molar-refractivity contribution in [3.05, 3.63) is 59.5 Å². The van der Waals surface area contributed by atoms with E-state index >= 15 is 0 Å². The molecule has 2 fully saturated rings. The molecule has 1 aromatic carbocycles. The maximum atomic E-state index is 13.2. The van der Waals surface area contributed by atoms with Gasteiger partial charge < -0.3 is 14.2 Å². The normalized spacial score (nSPS) is 20.9. The van der Waals surface area contributed by atoms with Crippen LogP contribution < -0.4 is 0 Å². The summed E-state index contributed by atoms with van der Waals surface area (Å²) in [6, 6.07) is 12.1. The van der Waals surface area contributed by atoms with Crippen molar-refractivity contribution >= 4 is 11.8 Å². The Kier molecular flexibility index (Phi) is 5.01. The maximum Gasteiger partial charge on any atom is 0.289 e. The molecule has 0 aliphatic carbocycles. The van der Waals surface area contributed by atoms with Crippen molar-refractivity contribution in [2.24, 2.45) is 5.92 Å². The Labute approximate surface area is 159 Å². The van der Waals surface area contributed by atoms with E-state index in [4.69, 9.17) is 4.42 Å². The van der Waals surface area contributed by atoms with E-state index in [-0.39, 0.29) is 23.8 Å². The van der Waals surface area contributed by atoms with Crippen LogP contribution in [0.2, 0.25) is 0 Å². The van der Waals surface area contributed by atoms with Crippen LogP contribution >= 0.6 is 0 Å². The highest BCUT2D eigenvalue weighted by molar-refractivity contribution is 5.91. The van der Waals surface area contributed by atoms with Gasteiger partial charge >= 0.3 is 0 Å². The molecule has 3 heterocycles. The highest BCUT2D eigenvalue weighted by Crippen LogP contribution is 2.34. The van der Waals surface area contributed by atoms with Gasteiger partial charge in [-0.25, -0.2) is 0 Å². The minimum absolute atomic E-state index is 0.0108. The SMILES string of the molecule is Cc1ccc(C2CCCN2C(=O)C2CCN(C(=O)c3ccco3)CC2)cc1. The number of nitrogens with zero attached hydrogens (tertiary/aromatic N) is 2. The molecule has 5 heteroatoms. The Morgan fingerprint density at radius 2 is 1.74 bits per heavy atom. The number of furan rings is 1. The standard InChI is InChI=1S/C22H26N2O3/c1-16-6-8-17(9-7-16)19-4-2-12-24(19)21(25)18-10-13-23(14-11-18)22(26)20-5-3-15-27-20/h3,5-9,15,18-19H,2,4,10-14H2,1H3. The number of benzene rings is 1. The number of aryl methyl sites for hydroxylation is 1. The van der Waals surface area contributed by atoms with Crippen LogP contribution in [0.4, 0.5) is 0 Å². The summed E-state index contributed by atoms with van der Waals surface area (Å²) in [6.45, 7) is 4.14. The van der Waals surface area contributed by atoms with E-state index in [0.29, 0.717) is 18.8 Å². The summed E-state index contributed by atoms with van der Waals surface area (Å²) in [5.74, 6) is 0.559. The number of amides is 2. The molecule has 0 N–H and O–H groups in total. The van der Waals surface area contributed by atoms with E-state index in [2.05, 4.69) is 36.1 Å². The van der Waals surface area contributed by atoms with Crippen molar-refractivity contribution in [1.29, 1.82) is 0 Å². The lowest BCUT2D eigenvalue weighted by atomic mass is 9.94. The van der Waals surface area contributed by atoms with E-state index in [1.165, 1.54) is 17.4 Å². The largest absolute Gasteiger partial charge is 0.459 e. The Morgan fingerprint density at radius 3 is 2.41 bits per heavy atom. The highest BCUT2D eigenvalue weighted by atomic mass is 16.3. The van der Waals surface area contributed by atoms with Crippen LogP contribution in [-0.4, -0.2) is 41.2 Å². The van der Waals surface area contributed by atoms with Crippen molar-refractivity contribution in [2.75, 3.05) is 19.6 Å². The number of likely N-dealkylation sites (tertiary alicyclic amines) is 2. The molecule has 5 nitrogen and oxygen atoms in total. The highest BCUT2D eigenvalue weighted by Gasteiger charge is 2.36.